The van der Waals surface area contributed by atoms with Crippen LogP contribution >= 0.6 is 15.6 Å². The van der Waals surface area contributed by atoms with Crippen molar-refractivity contribution < 1.29 is 97.4 Å². The second-order valence-corrected chi connectivity index (χ2v) is 18.7. The molecule has 0 aliphatic carbocycles. The number of rotatable bonds is 0. The zero-order valence-corrected chi connectivity index (χ0v) is 38.7. The zero-order valence-electron chi connectivity index (χ0n) is 36.9. The van der Waals surface area contributed by atoms with E-state index in [-0.39, 0.29) is 0 Å². The summed E-state index contributed by atoms with van der Waals surface area (Å²) in [6.45, 7) is 7.69. The molecule has 1 aliphatic rings. The Balaban J connectivity index is 0.000000256. The van der Waals surface area contributed by atoms with Crippen LogP contribution in [0.3, 0.4) is 0 Å². The van der Waals surface area contributed by atoms with Crippen LogP contribution in [0.4, 0.5) is 50.4 Å². The smallest absolute Gasteiger partial charge is 0.0889 e. The molecule has 0 atom stereocenters. The Morgan fingerprint density at radius 2 is 0.529 bits per heavy atom. The maximum Gasteiger partial charge on any atom is 0.0889 e. The fourth-order valence-electron chi connectivity index (χ4n) is 6.19. The first kappa shape index (κ1) is 56.4. The van der Waals surface area contributed by atoms with Gasteiger partial charge in [-0.3, -0.25) is 9.97 Å². The second kappa shape index (κ2) is 23.1. The number of aryl methyl sites for hydroxylation is 2. The van der Waals surface area contributed by atoms with Gasteiger partial charge in [0.1, 0.15) is 14.1 Å². The Morgan fingerprint density at radius 1 is 0.338 bits per heavy atom. The van der Waals surface area contributed by atoms with Gasteiger partial charge in [-0.25, -0.2) is 9.13 Å². The van der Waals surface area contributed by atoms with Gasteiger partial charge in [-0.15, -0.1) is 0 Å². The van der Waals surface area contributed by atoms with Crippen LogP contribution in [0.2, 0.25) is 0 Å². The molecule has 26 heteroatoms. The molecule has 0 saturated carbocycles. The Hall–Kier alpha value is -4.22. The quantitative estimate of drug-likeness (QED) is 0.0632. The van der Waals surface area contributed by atoms with Crippen molar-refractivity contribution in [2.24, 2.45) is 14.1 Å². The fourth-order valence-corrected chi connectivity index (χ4v) is 6.19. The predicted octanol–water partition coefficient (Wildman–Crippen LogP) is 11.3. The molecule has 0 spiro atoms. The van der Waals surface area contributed by atoms with Gasteiger partial charge in [0.2, 0.25) is 0 Å². The number of aromatic nitrogens is 4. The van der Waals surface area contributed by atoms with Crippen LogP contribution in [0.5, 0.6) is 0 Å². The maximum absolute atomic E-state index is 10.7. The standard InChI is InChI=1S/C26H38N2O8.C16H14N2.2F6P/c1-3-23-19-33-15-11-29-7-9-31-13-17-35-21-25-5-2-6-26(28-25)22-36-18-14-32-10-8-30-12-16-34-20-24(4-1)27-23;1-17-7-11-3-5-13-9-18(2)10-14-6-4-12(8-17)15(11)16(13)14;2*1-7(2,3,4,5)6/h1-6H,7-22H2;3-10H,1-2H3;;/q;+2;2*-1. The van der Waals surface area contributed by atoms with Gasteiger partial charge in [-0.05, 0) is 48.5 Å². The van der Waals surface area contributed by atoms with E-state index in [1.54, 1.807) is 0 Å². The molecule has 12 nitrogen and oxygen atoms in total. The van der Waals surface area contributed by atoms with Crippen LogP contribution in [0.25, 0.3) is 32.3 Å². The SMILES string of the molecule is C[n+]1cc2ccc3c[n+](C)cc4ccc(c1)c2c34.F[P-](F)(F)(F)(F)F.F[P-](F)(F)(F)(F)F.c1cc2nc(c1)COCCOCCOCCOCc1cccc(n1)COCCOCCOCCOC2. The van der Waals surface area contributed by atoms with Crippen molar-refractivity contribution in [1.82, 2.24) is 9.97 Å². The van der Waals surface area contributed by atoms with Crippen molar-refractivity contribution in [3.8, 4) is 0 Å². The van der Waals surface area contributed by atoms with Crippen molar-refractivity contribution >= 4 is 47.9 Å². The first-order valence-electron chi connectivity index (χ1n) is 20.6. The minimum absolute atomic E-state index is 0.428. The number of nitrogens with zero attached hydrogens (tertiary/aromatic N) is 4. The molecular formula is C42H52F12N4O8P2. The van der Waals surface area contributed by atoms with E-state index in [9.17, 15) is 50.4 Å². The molecule has 382 valence electrons. The van der Waals surface area contributed by atoms with Crippen molar-refractivity contribution in [2.75, 3.05) is 79.3 Å². The third-order valence-electron chi connectivity index (χ3n) is 8.62. The summed E-state index contributed by atoms with van der Waals surface area (Å²) in [6.07, 6.45) is 8.75. The van der Waals surface area contributed by atoms with Crippen molar-refractivity contribution in [1.29, 1.82) is 0 Å². The number of pyridine rings is 4. The fraction of sp³-hybridized carbons (Fsp3) is 0.429. The molecule has 4 aromatic heterocycles. The summed E-state index contributed by atoms with van der Waals surface area (Å²) in [5.41, 5.74) is 3.44. The van der Waals surface area contributed by atoms with E-state index in [1.807, 2.05) is 36.4 Å². The predicted molar refractivity (Wildman–Crippen MR) is 230 cm³/mol. The maximum atomic E-state index is 9.87. The Bertz CT molecular complexity index is 2180. The van der Waals surface area contributed by atoms with Gasteiger partial charge in [0, 0.05) is 32.3 Å². The molecule has 7 rings (SSSR count). The van der Waals surface area contributed by atoms with E-state index in [4.69, 9.17) is 37.9 Å². The van der Waals surface area contributed by atoms with Crippen LogP contribution in [0.1, 0.15) is 22.8 Å². The van der Waals surface area contributed by atoms with Crippen LogP contribution in [0.15, 0.2) is 85.5 Å². The summed E-state index contributed by atoms with van der Waals surface area (Å²) >= 11 is 0. The molecule has 2 aromatic carbocycles. The van der Waals surface area contributed by atoms with E-state index in [0.29, 0.717) is 106 Å². The van der Waals surface area contributed by atoms with Crippen LogP contribution in [-0.4, -0.2) is 89.3 Å². The van der Waals surface area contributed by atoms with E-state index < -0.39 is 15.6 Å². The molecule has 1 aliphatic heterocycles. The van der Waals surface area contributed by atoms with Gasteiger partial charge >= 0.3 is 66.0 Å². The molecule has 0 amide bonds. The molecule has 0 unspecified atom stereocenters. The minimum atomic E-state index is -10.7. The number of hydrogen-bond donors (Lipinski definition) is 0. The molecule has 0 radical (unpaired) electrons. The Labute approximate surface area is 382 Å². The van der Waals surface area contributed by atoms with Crippen molar-refractivity contribution in [3.05, 3.63) is 108 Å². The number of halogens is 12. The van der Waals surface area contributed by atoms with Crippen LogP contribution < -0.4 is 9.13 Å². The summed E-state index contributed by atoms with van der Waals surface area (Å²) < 4.78 is 167. The Morgan fingerprint density at radius 3 is 0.735 bits per heavy atom. The van der Waals surface area contributed by atoms with Gasteiger partial charge in [-0.2, -0.15) is 0 Å². The normalized spacial score (nSPS) is 18.4. The summed E-state index contributed by atoms with van der Waals surface area (Å²) in [6, 6.07) is 20.5. The van der Waals surface area contributed by atoms with E-state index in [1.165, 1.54) is 32.3 Å². The third kappa shape index (κ3) is 27.1. The number of fused-ring (bicyclic) bond motifs is 4. The van der Waals surface area contributed by atoms with Gasteiger partial charge < -0.3 is 37.9 Å². The number of benzene rings is 2. The molecular weight excluding hydrogens is 978 g/mol. The van der Waals surface area contributed by atoms with Crippen LogP contribution in [0, 0.1) is 0 Å². The van der Waals surface area contributed by atoms with E-state index >= 15 is 0 Å². The van der Waals surface area contributed by atoms with Gasteiger partial charge in [-0.1, -0.05) is 12.1 Å². The second-order valence-electron chi connectivity index (χ2n) is 14.9. The first-order chi connectivity index (χ1) is 31.5. The average molecular weight is 1030 g/mol. The first-order valence-corrected chi connectivity index (χ1v) is 24.7. The minimum Gasteiger partial charge on any atom is -0.377 e. The van der Waals surface area contributed by atoms with Gasteiger partial charge in [0.15, 0.2) is 24.8 Å². The summed E-state index contributed by atoms with van der Waals surface area (Å²) in [7, 11) is -17.2. The molecule has 4 bridgehead atoms. The summed E-state index contributed by atoms with van der Waals surface area (Å²) in [4.78, 5) is 9.11. The largest absolute Gasteiger partial charge is 0.377 e. The molecule has 68 heavy (non-hydrogen) atoms. The van der Waals surface area contributed by atoms with E-state index in [0.717, 1.165) is 22.8 Å². The average Bonchev–Trinajstić information content (AvgIpc) is 3.21. The van der Waals surface area contributed by atoms with Crippen molar-refractivity contribution in [3.63, 3.8) is 0 Å². The summed E-state index contributed by atoms with van der Waals surface area (Å²) in [5, 5.41) is 7.99. The third-order valence-corrected chi connectivity index (χ3v) is 8.62. The topological polar surface area (TPSA) is 107 Å². The number of hydrogen-bond acceptors (Lipinski definition) is 10. The molecule has 0 fully saturated rings. The van der Waals surface area contributed by atoms with Gasteiger partial charge in [0.25, 0.3) is 0 Å². The van der Waals surface area contributed by atoms with Crippen LogP contribution in [-0.2, 0) is 78.4 Å². The van der Waals surface area contributed by atoms with E-state index in [2.05, 4.69) is 82.3 Å². The van der Waals surface area contributed by atoms with Gasteiger partial charge in [0.05, 0.1) is 128 Å². The Kier molecular flexibility index (Phi) is 19.2. The molecule has 0 saturated heterocycles. The molecule has 0 N–H and O–H groups in total. The monoisotopic (exact) mass is 1030 g/mol. The molecule has 6 aromatic rings. The molecule has 5 heterocycles. The zero-order chi connectivity index (χ0) is 50.0. The van der Waals surface area contributed by atoms with Crippen molar-refractivity contribution in [2.45, 2.75) is 26.4 Å². The summed E-state index contributed by atoms with van der Waals surface area (Å²) in [5.74, 6) is 0. The number of ether oxygens (including phenoxy) is 8.